The predicted molar refractivity (Wildman–Crippen MR) is 86.6 cm³/mol. The molecule has 21 heavy (non-hydrogen) atoms. The molecule has 0 amide bonds. The maximum Gasteiger partial charge on any atom is 0.123 e. The summed E-state index contributed by atoms with van der Waals surface area (Å²) in [5.74, 6) is -0.159. The van der Waals surface area contributed by atoms with Crippen molar-refractivity contribution >= 4 is 6.08 Å². The van der Waals surface area contributed by atoms with E-state index in [-0.39, 0.29) is 5.82 Å². The van der Waals surface area contributed by atoms with Crippen LogP contribution in [-0.2, 0) is 0 Å². The highest BCUT2D eigenvalue weighted by Crippen LogP contribution is 2.47. The van der Waals surface area contributed by atoms with Crippen molar-refractivity contribution in [2.45, 2.75) is 52.0 Å². The molecule has 0 aliphatic carbocycles. The van der Waals surface area contributed by atoms with Crippen LogP contribution in [0.2, 0.25) is 0 Å². The fourth-order valence-corrected chi connectivity index (χ4v) is 4.31. The first-order chi connectivity index (χ1) is 9.86. The average Bonchev–Trinajstić information content (AvgIpc) is 2.85. The fraction of sp³-hybridized carbons (Fsp3) is 0.579. The van der Waals surface area contributed by atoms with Crippen molar-refractivity contribution in [1.29, 1.82) is 0 Å². The highest BCUT2D eigenvalue weighted by atomic mass is 19.1. The van der Waals surface area contributed by atoms with Crippen molar-refractivity contribution in [3.05, 3.63) is 41.2 Å². The van der Waals surface area contributed by atoms with E-state index in [9.17, 15) is 4.39 Å². The van der Waals surface area contributed by atoms with Crippen LogP contribution in [0, 0.1) is 11.2 Å². The van der Waals surface area contributed by atoms with E-state index >= 15 is 0 Å². The summed E-state index contributed by atoms with van der Waals surface area (Å²) in [4.78, 5) is 2.69. The van der Waals surface area contributed by atoms with Crippen LogP contribution >= 0.6 is 0 Å². The molecule has 2 aliphatic rings. The van der Waals surface area contributed by atoms with Gasteiger partial charge in [-0.1, -0.05) is 44.6 Å². The summed E-state index contributed by atoms with van der Waals surface area (Å²) in [7, 11) is 0. The van der Waals surface area contributed by atoms with Gasteiger partial charge in [0.25, 0.3) is 0 Å². The zero-order valence-electron chi connectivity index (χ0n) is 13.5. The van der Waals surface area contributed by atoms with Crippen LogP contribution in [-0.4, -0.2) is 23.5 Å². The van der Waals surface area contributed by atoms with Gasteiger partial charge in [-0.3, -0.25) is 4.90 Å². The Kier molecular flexibility index (Phi) is 3.69. The molecular weight excluding hydrogens is 261 g/mol. The third kappa shape index (κ3) is 3.21. The molecule has 2 fully saturated rings. The van der Waals surface area contributed by atoms with E-state index in [4.69, 9.17) is 0 Å². The number of halogens is 1. The van der Waals surface area contributed by atoms with E-state index in [1.807, 2.05) is 12.1 Å². The molecule has 1 atom stereocenters. The van der Waals surface area contributed by atoms with Crippen molar-refractivity contribution in [2.24, 2.45) is 5.41 Å². The molecule has 3 rings (SSSR count). The molecule has 114 valence electrons. The van der Waals surface area contributed by atoms with Crippen LogP contribution < -0.4 is 0 Å². The van der Waals surface area contributed by atoms with Gasteiger partial charge < -0.3 is 0 Å². The lowest BCUT2D eigenvalue weighted by Gasteiger charge is -2.37. The summed E-state index contributed by atoms with van der Waals surface area (Å²) in [6, 6.07) is 6.85. The van der Waals surface area contributed by atoms with Crippen LogP contribution in [0.4, 0.5) is 4.39 Å². The van der Waals surface area contributed by atoms with Crippen molar-refractivity contribution < 1.29 is 4.39 Å². The zero-order valence-corrected chi connectivity index (χ0v) is 13.5. The molecule has 2 heterocycles. The number of hydrogen-bond donors (Lipinski definition) is 0. The summed E-state index contributed by atoms with van der Waals surface area (Å²) in [5, 5.41) is 0. The Hall–Kier alpha value is -1.15. The summed E-state index contributed by atoms with van der Waals surface area (Å²) in [6.07, 6.45) is 7.37. The summed E-state index contributed by atoms with van der Waals surface area (Å²) >= 11 is 0. The Morgan fingerprint density at radius 2 is 1.95 bits per heavy atom. The zero-order chi connectivity index (χ0) is 15.1. The molecule has 2 aliphatic heterocycles. The second-order valence-electron chi connectivity index (χ2n) is 8.02. The third-order valence-electron chi connectivity index (χ3n) is 4.79. The second-order valence-corrected chi connectivity index (χ2v) is 8.02. The Balaban J connectivity index is 1.81. The average molecular weight is 287 g/mol. The van der Waals surface area contributed by atoms with Gasteiger partial charge in [-0.15, -0.1) is 0 Å². The standard InChI is InChI=1S/C19H26FN/c1-18(2,3)14-19-9-4-10-21(19)13-16(12-19)11-15-5-7-17(20)8-6-15/h5-8,11H,4,9-10,12-14H2,1-3H3/b16-11-. The Morgan fingerprint density at radius 3 is 2.62 bits per heavy atom. The summed E-state index contributed by atoms with van der Waals surface area (Å²) in [6.45, 7) is 9.37. The first-order valence-electron chi connectivity index (χ1n) is 8.07. The molecule has 0 aromatic heterocycles. The van der Waals surface area contributed by atoms with Gasteiger partial charge in [0.15, 0.2) is 0 Å². The number of nitrogens with zero attached hydrogens (tertiary/aromatic N) is 1. The van der Waals surface area contributed by atoms with E-state index < -0.39 is 0 Å². The van der Waals surface area contributed by atoms with E-state index in [1.165, 1.54) is 37.8 Å². The minimum Gasteiger partial charge on any atom is -0.293 e. The van der Waals surface area contributed by atoms with E-state index in [2.05, 4.69) is 31.7 Å². The lowest BCUT2D eigenvalue weighted by molar-refractivity contribution is 0.130. The van der Waals surface area contributed by atoms with Gasteiger partial charge in [0.05, 0.1) is 0 Å². The van der Waals surface area contributed by atoms with Crippen LogP contribution in [0.15, 0.2) is 29.8 Å². The van der Waals surface area contributed by atoms with Crippen LogP contribution in [0.1, 0.15) is 52.0 Å². The minimum atomic E-state index is -0.159. The summed E-state index contributed by atoms with van der Waals surface area (Å²) < 4.78 is 13.0. The topological polar surface area (TPSA) is 3.24 Å². The molecule has 1 unspecified atom stereocenters. The van der Waals surface area contributed by atoms with Crippen LogP contribution in [0.25, 0.3) is 6.08 Å². The van der Waals surface area contributed by atoms with E-state index in [1.54, 1.807) is 12.1 Å². The second kappa shape index (κ2) is 5.24. The summed E-state index contributed by atoms with van der Waals surface area (Å²) in [5.41, 5.74) is 3.38. The molecule has 0 spiro atoms. The Labute approximate surface area is 127 Å². The molecule has 0 N–H and O–H groups in total. The van der Waals surface area contributed by atoms with Gasteiger partial charge in [-0.25, -0.2) is 4.39 Å². The molecule has 1 nitrogen and oxygen atoms in total. The molecule has 1 aromatic rings. The molecular formula is C19H26FN. The number of fused-ring (bicyclic) bond motifs is 1. The van der Waals surface area contributed by atoms with Crippen molar-refractivity contribution in [3.8, 4) is 0 Å². The van der Waals surface area contributed by atoms with Crippen LogP contribution in [0.3, 0.4) is 0 Å². The largest absolute Gasteiger partial charge is 0.293 e. The molecule has 0 bridgehead atoms. The molecule has 2 heteroatoms. The number of rotatable bonds is 2. The molecule has 1 aromatic carbocycles. The van der Waals surface area contributed by atoms with E-state index in [0.717, 1.165) is 12.1 Å². The number of hydrogen-bond acceptors (Lipinski definition) is 1. The van der Waals surface area contributed by atoms with Gasteiger partial charge in [0.2, 0.25) is 0 Å². The van der Waals surface area contributed by atoms with Crippen molar-refractivity contribution in [1.82, 2.24) is 4.90 Å². The normalized spacial score (nSPS) is 28.3. The van der Waals surface area contributed by atoms with Gasteiger partial charge in [-0.05, 0) is 55.3 Å². The predicted octanol–water partition coefficient (Wildman–Crippen LogP) is 4.88. The van der Waals surface area contributed by atoms with Gasteiger partial charge in [0, 0.05) is 12.1 Å². The maximum atomic E-state index is 13.0. The van der Waals surface area contributed by atoms with E-state index in [0.29, 0.717) is 11.0 Å². The lowest BCUT2D eigenvalue weighted by atomic mass is 9.77. The van der Waals surface area contributed by atoms with Crippen LogP contribution in [0.5, 0.6) is 0 Å². The minimum absolute atomic E-state index is 0.159. The highest BCUT2D eigenvalue weighted by molar-refractivity contribution is 5.54. The molecule has 0 saturated carbocycles. The maximum absolute atomic E-state index is 13.0. The van der Waals surface area contributed by atoms with Gasteiger partial charge in [-0.2, -0.15) is 0 Å². The quantitative estimate of drug-likeness (QED) is 0.749. The van der Waals surface area contributed by atoms with Crippen molar-refractivity contribution in [3.63, 3.8) is 0 Å². The first kappa shape index (κ1) is 14.8. The van der Waals surface area contributed by atoms with Crippen molar-refractivity contribution in [2.75, 3.05) is 13.1 Å². The van der Waals surface area contributed by atoms with Gasteiger partial charge >= 0.3 is 0 Å². The number of benzene rings is 1. The Bertz CT molecular complexity index is 538. The van der Waals surface area contributed by atoms with Gasteiger partial charge in [0.1, 0.15) is 5.82 Å². The lowest BCUT2D eigenvalue weighted by Crippen LogP contribution is -2.41. The monoisotopic (exact) mass is 287 g/mol. The fourth-order valence-electron chi connectivity index (χ4n) is 4.31. The molecule has 2 saturated heterocycles. The first-order valence-corrected chi connectivity index (χ1v) is 8.07. The molecule has 0 radical (unpaired) electrons. The SMILES string of the molecule is CC(C)(C)CC12CCCN1C/C(=C\c1ccc(F)cc1)C2. The smallest absolute Gasteiger partial charge is 0.123 e. The Morgan fingerprint density at radius 1 is 1.24 bits per heavy atom. The highest BCUT2D eigenvalue weighted by Gasteiger charge is 2.47. The third-order valence-corrected chi connectivity index (χ3v) is 4.79.